The van der Waals surface area contributed by atoms with Crippen LogP contribution in [-0.4, -0.2) is 45.9 Å². The van der Waals surface area contributed by atoms with Gasteiger partial charge in [0.1, 0.15) is 19.0 Å². The normalized spacial score (nSPS) is 23.2. The number of hydrogen-bond donors (Lipinski definition) is 1. The Kier molecular flexibility index (Phi) is 5.10. The van der Waals surface area contributed by atoms with Crippen molar-refractivity contribution in [3.05, 3.63) is 59.4 Å². The molecule has 1 aliphatic carbocycles. The van der Waals surface area contributed by atoms with Gasteiger partial charge in [0.05, 0.1) is 11.6 Å². The van der Waals surface area contributed by atoms with Gasteiger partial charge in [-0.25, -0.2) is 0 Å². The molecular weight excluding hydrogens is 396 g/mol. The van der Waals surface area contributed by atoms with Crippen LogP contribution in [0.15, 0.2) is 48.3 Å². The number of amides is 1. The minimum Gasteiger partial charge on any atom is -0.507 e. The van der Waals surface area contributed by atoms with Gasteiger partial charge in [-0.05, 0) is 48.7 Å². The summed E-state index contributed by atoms with van der Waals surface area (Å²) in [5, 5.41) is 11.2. The maximum Gasteiger partial charge on any atom is 0.295 e. The summed E-state index contributed by atoms with van der Waals surface area (Å²) in [4.78, 5) is 32.1. The van der Waals surface area contributed by atoms with Crippen molar-refractivity contribution >= 4 is 17.4 Å². The third-order valence-corrected chi connectivity index (χ3v) is 6.29. The predicted molar refractivity (Wildman–Crippen MR) is 113 cm³/mol. The second-order valence-electron chi connectivity index (χ2n) is 8.14. The first kappa shape index (κ1) is 19.6. The Morgan fingerprint density at radius 2 is 1.68 bits per heavy atom. The number of likely N-dealkylation sites (tertiary alicyclic amines) is 1. The van der Waals surface area contributed by atoms with Crippen LogP contribution in [0, 0.1) is 0 Å². The van der Waals surface area contributed by atoms with Crippen LogP contribution >= 0.6 is 0 Å². The van der Waals surface area contributed by atoms with Gasteiger partial charge in [0, 0.05) is 24.0 Å². The first-order valence-corrected chi connectivity index (χ1v) is 10.7. The number of aliphatic hydroxyl groups is 1. The van der Waals surface area contributed by atoms with E-state index in [1.807, 2.05) is 0 Å². The number of ketones is 1. The van der Waals surface area contributed by atoms with Crippen molar-refractivity contribution < 1.29 is 24.2 Å². The molecule has 7 nitrogen and oxygen atoms in total. The van der Waals surface area contributed by atoms with Crippen LogP contribution in [0.5, 0.6) is 11.5 Å². The van der Waals surface area contributed by atoms with E-state index >= 15 is 0 Å². The van der Waals surface area contributed by atoms with E-state index in [0.29, 0.717) is 30.3 Å². The number of fused-ring (bicyclic) bond motifs is 1. The van der Waals surface area contributed by atoms with Gasteiger partial charge < -0.3 is 19.5 Å². The topological polar surface area (TPSA) is 89.0 Å². The van der Waals surface area contributed by atoms with Crippen LogP contribution in [0.2, 0.25) is 0 Å². The summed E-state index contributed by atoms with van der Waals surface area (Å²) >= 11 is 0. The highest BCUT2D eigenvalue weighted by molar-refractivity contribution is 6.46. The molecule has 1 amide bonds. The highest BCUT2D eigenvalue weighted by atomic mass is 16.6. The number of aromatic nitrogens is 1. The maximum atomic E-state index is 13.2. The van der Waals surface area contributed by atoms with Gasteiger partial charge in [-0.15, -0.1) is 0 Å². The Hall–Kier alpha value is -3.35. The fourth-order valence-electron chi connectivity index (χ4n) is 4.81. The van der Waals surface area contributed by atoms with E-state index in [4.69, 9.17) is 9.47 Å². The molecule has 2 aliphatic heterocycles. The quantitative estimate of drug-likeness (QED) is 0.464. The van der Waals surface area contributed by atoms with Crippen LogP contribution in [0.1, 0.15) is 49.3 Å². The minimum atomic E-state index is -0.653. The lowest BCUT2D eigenvalue weighted by Crippen LogP contribution is -2.40. The van der Waals surface area contributed by atoms with Gasteiger partial charge in [-0.3, -0.25) is 14.6 Å². The molecule has 1 aromatic heterocycles. The van der Waals surface area contributed by atoms with E-state index in [9.17, 15) is 14.7 Å². The lowest BCUT2D eigenvalue weighted by molar-refractivity contribution is -0.141. The molecule has 5 rings (SSSR count). The van der Waals surface area contributed by atoms with Crippen molar-refractivity contribution in [2.75, 3.05) is 13.2 Å². The van der Waals surface area contributed by atoms with Crippen LogP contribution in [0.4, 0.5) is 0 Å². The molecule has 3 heterocycles. The number of pyridine rings is 1. The molecule has 0 radical (unpaired) electrons. The van der Waals surface area contributed by atoms with E-state index in [-0.39, 0.29) is 17.4 Å². The summed E-state index contributed by atoms with van der Waals surface area (Å²) in [6.45, 7) is 0.882. The third-order valence-electron chi connectivity index (χ3n) is 6.29. The van der Waals surface area contributed by atoms with Crippen LogP contribution < -0.4 is 9.47 Å². The maximum absolute atomic E-state index is 13.2. The van der Waals surface area contributed by atoms with Crippen molar-refractivity contribution in [2.45, 2.75) is 44.2 Å². The molecule has 1 atom stereocenters. The number of ether oxygens (including phenoxy) is 2. The lowest BCUT2D eigenvalue weighted by Gasteiger charge is -2.35. The highest BCUT2D eigenvalue weighted by Gasteiger charge is 2.48. The number of hydrogen-bond acceptors (Lipinski definition) is 6. The van der Waals surface area contributed by atoms with Crippen LogP contribution in [0.25, 0.3) is 5.76 Å². The average Bonchev–Trinajstić information content (AvgIpc) is 3.10. The Morgan fingerprint density at radius 3 is 2.42 bits per heavy atom. The molecule has 1 saturated carbocycles. The van der Waals surface area contributed by atoms with E-state index < -0.39 is 17.7 Å². The smallest absolute Gasteiger partial charge is 0.295 e. The zero-order chi connectivity index (χ0) is 21.4. The molecular formula is C24H24N2O5. The summed E-state index contributed by atoms with van der Waals surface area (Å²) in [5.41, 5.74) is 1.29. The molecule has 3 aliphatic rings. The Bertz CT molecular complexity index is 1040. The van der Waals surface area contributed by atoms with Gasteiger partial charge in [0.15, 0.2) is 11.5 Å². The predicted octanol–water partition coefficient (Wildman–Crippen LogP) is 3.61. The van der Waals surface area contributed by atoms with Crippen molar-refractivity contribution in [1.29, 1.82) is 0 Å². The number of carbonyl (C=O) groups excluding carboxylic acids is 2. The van der Waals surface area contributed by atoms with Crippen molar-refractivity contribution in [2.24, 2.45) is 0 Å². The number of Topliss-reactive ketones (excluding diaryl/α,β-unsaturated/α-hetero) is 1. The number of benzene rings is 1. The van der Waals surface area contributed by atoms with Crippen LogP contribution in [-0.2, 0) is 9.59 Å². The summed E-state index contributed by atoms with van der Waals surface area (Å²) in [6.07, 6.45) is 8.19. The molecule has 7 heteroatoms. The molecule has 160 valence electrons. The second kappa shape index (κ2) is 8.06. The second-order valence-corrected chi connectivity index (χ2v) is 8.14. The van der Waals surface area contributed by atoms with Gasteiger partial charge in [0.25, 0.3) is 11.7 Å². The SMILES string of the molecule is O=C1C(=O)N(C2CCCCC2)C(c2ccncc2)/C1=C(/O)c1ccc2c(c1)OCCO2. The van der Waals surface area contributed by atoms with E-state index in [1.54, 1.807) is 47.6 Å². The molecule has 1 N–H and O–H groups in total. The Morgan fingerprint density at radius 1 is 0.968 bits per heavy atom. The fourth-order valence-corrected chi connectivity index (χ4v) is 4.81. The third kappa shape index (κ3) is 3.44. The van der Waals surface area contributed by atoms with Gasteiger partial charge in [-0.2, -0.15) is 0 Å². The van der Waals surface area contributed by atoms with Crippen molar-refractivity contribution in [3.63, 3.8) is 0 Å². The first-order valence-electron chi connectivity index (χ1n) is 10.7. The minimum absolute atomic E-state index is 0.0195. The number of nitrogens with zero attached hydrogens (tertiary/aromatic N) is 2. The van der Waals surface area contributed by atoms with E-state index in [1.165, 1.54) is 0 Å². The molecule has 2 aromatic rings. The molecule has 31 heavy (non-hydrogen) atoms. The van der Waals surface area contributed by atoms with Crippen molar-refractivity contribution in [1.82, 2.24) is 9.88 Å². The molecule has 2 fully saturated rings. The molecule has 0 spiro atoms. The van der Waals surface area contributed by atoms with Gasteiger partial charge >= 0.3 is 0 Å². The zero-order valence-electron chi connectivity index (χ0n) is 17.1. The monoisotopic (exact) mass is 420 g/mol. The number of carbonyl (C=O) groups is 2. The Labute approximate surface area is 180 Å². The van der Waals surface area contributed by atoms with Crippen molar-refractivity contribution in [3.8, 4) is 11.5 Å². The van der Waals surface area contributed by atoms with Gasteiger partial charge in [-0.1, -0.05) is 19.3 Å². The van der Waals surface area contributed by atoms with E-state index in [0.717, 1.165) is 37.7 Å². The Balaban J connectivity index is 1.63. The fraction of sp³-hybridized carbons (Fsp3) is 0.375. The largest absolute Gasteiger partial charge is 0.507 e. The average molecular weight is 420 g/mol. The number of rotatable bonds is 3. The molecule has 1 aromatic carbocycles. The zero-order valence-corrected chi connectivity index (χ0v) is 17.1. The standard InChI is InChI=1S/C24H24N2O5/c27-22(16-6-7-18-19(14-16)31-13-12-30-18)20-21(15-8-10-25-11-9-15)26(24(29)23(20)28)17-4-2-1-3-5-17/h6-11,14,17,21,27H,1-5,12-13H2/b22-20-. The summed E-state index contributed by atoms with van der Waals surface area (Å²) in [5.74, 6) is -0.295. The summed E-state index contributed by atoms with van der Waals surface area (Å²) < 4.78 is 11.2. The molecule has 1 saturated heterocycles. The molecule has 0 bridgehead atoms. The summed E-state index contributed by atoms with van der Waals surface area (Å²) in [7, 11) is 0. The number of aliphatic hydroxyl groups excluding tert-OH is 1. The lowest BCUT2D eigenvalue weighted by atomic mass is 9.91. The van der Waals surface area contributed by atoms with E-state index in [2.05, 4.69) is 4.98 Å². The highest BCUT2D eigenvalue weighted by Crippen LogP contribution is 2.43. The summed E-state index contributed by atoms with van der Waals surface area (Å²) in [6, 6.07) is 7.98. The van der Waals surface area contributed by atoms with Gasteiger partial charge in [0.2, 0.25) is 0 Å². The molecule has 1 unspecified atom stereocenters. The van der Waals surface area contributed by atoms with Crippen LogP contribution in [0.3, 0.4) is 0 Å². The first-order chi connectivity index (χ1) is 15.1.